The van der Waals surface area contributed by atoms with E-state index in [2.05, 4.69) is 30.2 Å². The van der Waals surface area contributed by atoms with Crippen molar-refractivity contribution in [1.82, 2.24) is 14.3 Å². The summed E-state index contributed by atoms with van der Waals surface area (Å²) in [5.74, 6) is 0.765. The van der Waals surface area contributed by atoms with Crippen LogP contribution in [0.5, 0.6) is 0 Å². The van der Waals surface area contributed by atoms with Crippen LogP contribution in [0.3, 0.4) is 0 Å². The molecule has 7 rings (SSSR count). The van der Waals surface area contributed by atoms with Gasteiger partial charge in [0.05, 0.1) is 16.7 Å². The second-order valence-electron chi connectivity index (χ2n) is 12.0. The minimum absolute atomic E-state index is 0.0186. The Labute approximate surface area is 286 Å². The number of nitrogen functional groups attached to an aromatic ring is 2. The zero-order chi connectivity index (χ0) is 34.1. The van der Waals surface area contributed by atoms with Crippen LogP contribution in [0.15, 0.2) is 116 Å². The van der Waals surface area contributed by atoms with Crippen molar-refractivity contribution in [3.63, 3.8) is 0 Å². The van der Waals surface area contributed by atoms with Gasteiger partial charge in [0.1, 0.15) is 5.76 Å². The Morgan fingerprint density at radius 2 is 1.17 bits per heavy atom. The fourth-order valence-corrected chi connectivity index (χ4v) is 6.49. The molecule has 9 heteroatoms. The highest BCUT2D eigenvalue weighted by Crippen LogP contribution is 2.30. The maximum atomic E-state index is 12.5. The summed E-state index contributed by atoms with van der Waals surface area (Å²) >= 11 is 3.48. The van der Waals surface area contributed by atoms with Crippen molar-refractivity contribution in [3.05, 3.63) is 156 Å². The molecule has 0 spiro atoms. The van der Waals surface area contributed by atoms with Crippen molar-refractivity contribution in [3.8, 4) is 11.1 Å². The van der Waals surface area contributed by atoms with Crippen molar-refractivity contribution in [2.45, 2.75) is 40.8 Å². The zero-order valence-corrected chi connectivity index (χ0v) is 28.8. The van der Waals surface area contributed by atoms with Crippen molar-refractivity contribution < 1.29 is 4.52 Å². The van der Waals surface area contributed by atoms with Gasteiger partial charge in [-0.1, -0.05) is 63.6 Å². The van der Waals surface area contributed by atoms with Crippen LogP contribution >= 0.6 is 15.9 Å². The molecule has 0 unspecified atom stereocenters. The predicted molar refractivity (Wildman–Crippen MR) is 198 cm³/mol. The molecule has 0 fully saturated rings. The van der Waals surface area contributed by atoms with Crippen LogP contribution in [0.2, 0.25) is 0 Å². The molecular formula is C39H36BrN5O3. The smallest absolute Gasteiger partial charge is 0.189 e. The fraction of sp³-hybridized carbons (Fsp3) is 0.154. The van der Waals surface area contributed by atoms with E-state index in [1.54, 1.807) is 12.1 Å². The third-order valence-electron chi connectivity index (χ3n) is 8.69. The number of hydrogen-bond acceptors (Lipinski definition) is 6. The third-order valence-corrected chi connectivity index (χ3v) is 9.18. The topological polar surface area (TPSA) is 122 Å². The minimum Gasteiger partial charge on any atom is -0.398 e. The van der Waals surface area contributed by atoms with Crippen LogP contribution in [-0.4, -0.2) is 14.3 Å². The van der Waals surface area contributed by atoms with Gasteiger partial charge < -0.3 is 25.1 Å². The number of fused-ring (bicyclic) bond motifs is 2. The van der Waals surface area contributed by atoms with Gasteiger partial charge in [-0.15, -0.1) is 0 Å². The second-order valence-corrected chi connectivity index (χ2v) is 12.9. The average Bonchev–Trinajstić information content (AvgIpc) is 3.40. The van der Waals surface area contributed by atoms with E-state index in [0.29, 0.717) is 18.5 Å². The number of aromatic nitrogens is 3. The number of hydrogen-bond donors (Lipinski definition) is 2. The van der Waals surface area contributed by atoms with Gasteiger partial charge in [0.15, 0.2) is 10.9 Å². The summed E-state index contributed by atoms with van der Waals surface area (Å²) in [6.07, 6.45) is 0. The first kappa shape index (κ1) is 32.5. The number of halogens is 1. The number of para-hydroxylation sites is 2. The van der Waals surface area contributed by atoms with Crippen LogP contribution in [0.25, 0.3) is 32.9 Å². The summed E-state index contributed by atoms with van der Waals surface area (Å²) in [5, 5.41) is 5.46. The van der Waals surface area contributed by atoms with E-state index in [0.717, 1.165) is 77.4 Å². The van der Waals surface area contributed by atoms with Gasteiger partial charge in [0.25, 0.3) is 0 Å². The summed E-state index contributed by atoms with van der Waals surface area (Å²) in [6, 6.07) is 30.5. The SMILES string of the molecule is Cc1cc(=O)c2ccc(Br)cc2n1Cc1ccccc1N.Cc1noc(C)c1-c1ccc2c(=O)cc(C)n(Cc3ccccc3N)c2c1. The highest BCUT2D eigenvalue weighted by atomic mass is 79.9. The van der Waals surface area contributed by atoms with E-state index in [-0.39, 0.29) is 10.9 Å². The quantitative estimate of drug-likeness (QED) is 0.176. The van der Waals surface area contributed by atoms with Crippen LogP contribution in [0.1, 0.15) is 34.0 Å². The van der Waals surface area contributed by atoms with Gasteiger partial charge in [0.2, 0.25) is 0 Å². The van der Waals surface area contributed by atoms with Gasteiger partial charge >= 0.3 is 0 Å². The van der Waals surface area contributed by atoms with E-state index in [1.807, 2.05) is 113 Å². The molecule has 4 aromatic carbocycles. The Hall–Kier alpha value is -5.41. The van der Waals surface area contributed by atoms with Crippen LogP contribution in [-0.2, 0) is 13.1 Å². The number of rotatable bonds is 5. The Bertz CT molecular complexity index is 2420. The molecule has 0 aliphatic carbocycles. The predicted octanol–water partition coefficient (Wildman–Crippen LogP) is 7.92. The molecule has 0 atom stereocenters. The Kier molecular flexibility index (Phi) is 9.06. The summed E-state index contributed by atoms with van der Waals surface area (Å²) < 4.78 is 10.5. The van der Waals surface area contributed by atoms with Crippen molar-refractivity contribution in [1.29, 1.82) is 0 Å². The zero-order valence-electron chi connectivity index (χ0n) is 27.3. The van der Waals surface area contributed by atoms with Crippen molar-refractivity contribution in [2.75, 3.05) is 11.5 Å². The molecule has 4 N–H and O–H groups in total. The number of benzene rings is 4. The molecule has 0 saturated carbocycles. The summed E-state index contributed by atoms with van der Waals surface area (Å²) in [4.78, 5) is 24.7. The van der Waals surface area contributed by atoms with E-state index in [1.165, 1.54) is 0 Å². The fourth-order valence-electron chi connectivity index (χ4n) is 6.14. The summed E-state index contributed by atoms with van der Waals surface area (Å²) in [7, 11) is 0. The summed E-state index contributed by atoms with van der Waals surface area (Å²) in [5.41, 5.74) is 22.2. The molecule has 0 aliphatic rings. The molecule has 3 heterocycles. The lowest BCUT2D eigenvalue weighted by Crippen LogP contribution is -2.13. The Balaban J connectivity index is 0.000000173. The largest absolute Gasteiger partial charge is 0.398 e. The average molecular weight is 703 g/mol. The first-order valence-electron chi connectivity index (χ1n) is 15.6. The number of anilines is 2. The van der Waals surface area contributed by atoms with Crippen LogP contribution < -0.4 is 22.3 Å². The van der Waals surface area contributed by atoms with Crippen molar-refractivity contribution >= 4 is 49.1 Å². The minimum atomic E-state index is 0.0186. The van der Waals surface area contributed by atoms with Gasteiger partial charge in [-0.3, -0.25) is 9.59 Å². The third kappa shape index (κ3) is 6.41. The normalized spacial score (nSPS) is 11.1. The molecule has 7 aromatic rings. The van der Waals surface area contributed by atoms with Crippen LogP contribution in [0, 0.1) is 27.7 Å². The molecule has 0 bridgehead atoms. The Morgan fingerprint density at radius 3 is 1.67 bits per heavy atom. The molecule has 48 heavy (non-hydrogen) atoms. The Morgan fingerprint density at radius 1 is 0.667 bits per heavy atom. The molecule has 242 valence electrons. The van der Waals surface area contributed by atoms with E-state index in [9.17, 15) is 9.59 Å². The van der Waals surface area contributed by atoms with E-state index >= 15 is 0 Å². The van der Waals surface area contributed by atoms with Crippen LogP contribution in [0.4, 0.5) is 11.4 Å². The lowest BCUT2D eigenvalue weighted by atomic mass is 10.0. The number of nitrogens with zero attached hydrogens (tertiary/aromatic N) is 3. The molecule has 3 aromatic heterocycles. The van der Waals surface area contributed by atoms with Gasteiger partial charge in [-0.25, -0.2) is 0 Å². The molecular weight excluding hydrogens is 666 g/mol. The van der Waals surface area contributed by atoms with E-state index in [4.69, 9.17) is 16.0 Å². The lowest BCUT2D eigenvalue weighted by Gasteiger charge is -2.17. The second kappa shape index (κ2) is 13.4. The molecule has 0 radical (unpaired) electrons. The monoisotopic (exact) mass is 701 g/mol. The van der Waals surface area contributed by atoms with E-state index < -0.39 is 0 Å². The standard InChI is InChI=1S/C22H21N3O2.C17H15BrN2O/c1-13-10-21(26)18-9-8-16(22-14(2)24-27-15(22)3)11-20(18)25(13)12-17-6-4-5-7-19(17)23;1-11-8-17(21)14-7-6-13(18)9-16(14)20(11)10-12-4-2-3-5-15(12)19/h4-11H,12,23H2,1-3H3;2-9H,10,19H2,1H3. The number of pyridine rings is 2. The molecule has 8 nitrogen and oxygen atoms in total. The highest BCUT2D eigenvalue weighted by Gasteiger charge is 2.15. The number of aryl methyl sites for hydroxylation is 4. The first-order valence-corrected chi connectivity index (χ1v) is 16.3. The van der Waals surface area contributed by atoms with Gasteiger partial charge in [0, 0.05) is 68.8 Å². The maximum absolute atomic E-state index is 12.5. The van der Waals surface area contributed by atoms with Crippen molar-refractivity contribution in [2.24, 2.45) is 0 Å². The molecule has 0 aliphatic heterocycles. The lowest BCUT2D eigenvalue weighted by molar-refractivity contribution is 0.393. The summed E-state index contributed by atoms with van der Waals surface area (Å²) in [6.45, 7) is 8.95. The molecule has 0 saturated heterocycles. The first-order chi connectivity index (χ1) is 23.0. The number of nitrogens with two attached hydrogens (primary N) is 2. The van der Waals surface area contributed by atoms with Gasteiger partial charge in [-0.2, -0.15) is 0 Å². The molecule has 0 amide bonds. The maximum Gasteiger partial charge on any atom is 0.189 e. The highest BCUT2D eigenvalue weighted by molar-refractivity contribution is 9.10. The van der Waals surface area contributed by atoms with Gasteiger partial charge in [-0.05, 0) is 86.8 Å².